The standard InChI is InChI=1S/C24H31N3O3/c1-17(2)27-15-20(26-14-19-6-4-3-5-7-19)13-21(27)24(28)25-11-10-18-8-9-22-23(12-18)30-16-29-22/h3-9,12,17,20-21,26H,10-11,13-16H2,1-2H3,(H,25,28)/t20-,21+/m1/s1. The number of likely N-dealkylation sites (tertiary alicyclic amines) is 1. The highest BCUT2D eigenvalue weighted by atomic mass is 16.7. The molecule has 0 unspecified atom stereocenters. The Balaban J connectivity index is 1.28. The van der Waals surface area contributed by atoms with E-state index in [1.54, 1.807) is 0 Å². The van der Waals surface area contributed by atoms with Gasteiger partial charge in [0.2, 0.25) is 12.7 Å². The van der Waals surface area contributed by atoms with Crippen LogP contribution >= 0.6 is 0 Å². The van der Waals surface area contributed by atoms with Crippen molar-refractivity contribution in [1.29, 1.82) is 0 Å². The van der Waals surface area contributed by atoms with E-state index in [-0.39, 0.29) is 18.7 Å². The number of nitrogens with one attached hydrogen (secondary N) is 2. The Morgan fingerprint density at radius 3 is 2.70 bits per heavy atom. The van der Waals surface area contributed by atoms with Gasteiger partial charge in [0.25, 0.3) is 0 Å². The Kier molecular flexibility index (Phi) is 6.55. The number of fused-ring (bicyclic) bond motifs is 1. The number of nitrogens with zero attached hydrogens (tertiary/aromatic N) is 1. The third-order valence-electron chi connectivity index (χ3n) is 5.89. The van der Waals surface area contributed by atoms with Crippen molar-refractivity contribution < 1.29 is 14.3 Å². The van der Waals surface area contributed by atoms with Crippen molar-refractivity contribution in [2.24, 2.45) is 0 Å². The topological polar surface area (TPSA) is 62.8 Å². The van der Waals surface area contributed by atoms with E-state index >= 15 is 0 Å². The van der Waals surface area contributed by atoms with Crippen LogP contribution in [0.15, 0.2) is 48.5 Å². The van der Waals surface area contributed by atoms with E-state index in [4.69, 9.17) is 9.47 Å². The Bertz CT molecular complexity index is 856. The highest BCUT2D eigenvalue weighted by Crippen LogP contribution is 2.32. The summed E-state index contributed by atoms with van der Waals surface area (Å²) in [7, 11) is 0. The molecule has 0 aliphatic carbocycles. The number of ether oxygens (including phenoxy) is 2. The van der Waals surface area contributed by atoms with Crippen LogP contribution in [0.4, 0.5) is 0 Å². The fraction of sp³-hybridized carbons (Fsp3) is 0.458. The predicted molar refractivity (Wildman–Crippen MR) is 117 cm³/mol. The van der Waals surface area contributed by atoms with E-state index in [9.17, 15) is 4.79 Å². The number of carbonyl (C=O) groups excluding carboxylic acids is 1. The largest absolute Gasteiger partial charge is 0.454 e. The normalized spacial score (nSPS) is 20.6. The van der Waals surface area contributed by atoms with Gasteiger partial charge in [-0.25, -0.2) is 0 Å². The first-order chi connectivity index (χ1) is 14.6. The van der Waals surface area contributed by atoms with E-state index in [1.807, 2.05) is 24.3 Å². The van der Waals surface area contributed by atoms with Crippen LogP contribution in [-0.4, -0.2) is 48.8 Å². The zero-order valence-corrected chi connectivity index (χ0v) is 17.8. The molecule has 2 aromatic rings. The molecule has 6 heteroatoms. The van der Waals surface area contributed by atoms with Crippen LogP contribution in [0.1, 0.15) is 31.4 Å². The second kappa shape index (κ2) is 9.49. The lowest BCUT2D eigenvalue weighted by Crippen LogP contribution is -2.46. The molecule has 0 bridgehead atoms. The summed E-state index contributed by atoms with van der Waals surface area (Å²) >= 11 is 0. The van der Waals surface area contributed by atoms with Gasteiger partial charge in [0.05, 0.1) is 6.04 Å². The van der Waals surface area contributed by atoms with E-state index < -0.39 is 0 Å². The van der Waals surface area contributed by atoms with Crippen molar-refractivity contribution in [3.05, 3.63) is 59.7 Å². The fourth-order valence-corrected chi connectivity index (χ4v) is 4.24. The van der Waals surface area contributed by atoms with Crippen LogP contribution in [0.25, 0.3) is 0 Å². The van der Waals surface area contributed by atoms with E-state index in [1.165, 1.54) is 5.56 Å². The highest BCUT2D eigenvalue weighted by Gasteiger charge is 2.37. The van der Waals surface area contributed by atoms with Crippen molar-refractivity contribution >= 4 is 5.91 Å². The van der Waals surface area contributed by atoms with Crippen molar-refractivity contribution in [1.82, 2.24) is 15.5 Å². The second-order valence-electron chi connectivity index (χ2n) is 8.33. The summed E-state index contributed by atoms with van der Waals surface area (Å²) in [6, 6.07) is 16.9. The van der Waals surface area contributed by atoms with Crippen LogP contribution < -0.4 is 20.1 Å². The molecule has 2 aliphatic rings. The summed E-state index contributed by atoms with van der Waals surface area (Å²) in [4.78, 5) is 15.2. The fourth-order valence-electron chi connectivity index (χ4n) is 4.24. The average molecular weight is 410 g/mol. The van der Waals surface area contributed by atoms with Gasteiger partial charge in [-0.2, -0.15) is 0 Å². The molecule has 1 fully saturated rings. The Labute approximate surface area is 178 Å². The number of benzene rings is 2. The molecule has 2 heterocycles. The lowest BCUT2D eigenvalue weighted by Gasteiger charge is -2.27. The summed E-state index contributed by atoms with van der Waals surface area (Å²) in [5, 5.41) is 6.77. The van der Waals surface area contributed by atoms with Gasteiger partial charge >= 0.3 is 0 Å². The summed E-state index contributed by atoms with van der Waals surface area (Å²) in [5.74, 6) is 1.69. The number of hydrogen-bond acceptors (Lipinski definition) is 5. The van der Waals surface area contributed by atoms with Gasteiger partial charge in [-0.05, 0) is 49.9 Å². The number of hydrogen-bond donors (Lipinski definition) is 2. The third kappa shape index (κ3) is 4.94. The lowest BCUT2D eigenvalue weighted by atomic mass is 10.1. The van der Waals surface area contributed by atoms with E-state index in [2.05, 4.69) is 53.6 Å². The Hall–Kier alpha value is -2.57. The molecule has 2 N–H and O–H groups in total. The van der Waals surface area contributed by atoms with Crippen LogP contribution in [0, 0.1) is 0 Å². The number of rotatable bonds is 8. The van der Waals surface area contributed by atoms with Crippen molar-refractivity contribution in [2.75, 3.05) is 19.9 Å². The van der Waals surface area contributed by atoms with Gasteiger partial charge < -0.3 is 20.1 Å². The molecule has 0 aromatic heterocycles. The molecular weight excluding hydrogens is 378 g/mol. The second-order valence-corrected chi connectivity index (χ2v) is 8.33. The lowest BCUT2D eigenvalue weighted by molar-refractivity contribution is -0.126. The van der Waals surface area contributed by atoms with Gasteiger partial charge in [0.15, 0.2) is 11.5 Å². The van der Waals surface area contributed by atoms with Gasteiger partial charge in [-0.15, -0.1) is 0 Å². The van der Waals surface area contributed by atoms with E-state index in [0.29, 0.717) is 18.6 Å². The maximum absolute atomic E-state index is 12.9. The van der Waals surface area contributed by atoms with Crippen LogP contribution in [0.5, 0.6) is 11.5 Å². The molecule has 30 heavy (non-hydrogen) atoms. The smallest absolute Gasteiger partial charge is 0.237 e. The van der Waals surface area contributed by atoms with Crippen molar-refractivity contribution in [3.8, 4) is 11.5 Å². The molecule has 4 rings (SSSR count). The highest BCUT2D eigenvalue weighted by molar-refractivity contribution is 5.82. The molecule has 1 saturated heterocycles. The minimum Gasteiger partial charge on any atom is -0.454 e. The molecule has 0 saturated carbocycles. The number of carbonyl (C=O) groups is 1. The number of amides is 1. The first-order valence-corrected chi connectivity index (χ1v) is 10.8. The van der Waals surface area contributed by atoms with Gasteiger partial charge in [-0.3, -0.25) is 9.69 Å². The predicted octanol–water partition coefficient (Wildman–Crippen LogP) is 2.72. The maximum Gasteiger partial charge on any atom is 0.237 e. The molecule has 2 atom stereocenters. The minimum absolute atomic E-state index is 0.0879. The first-order valence-electron chi connectivity index (χ1n) is 10.8. The maximum atomic E-state index is 12.9. The quantitative estimate of drug-likeness (QED) is 0.702. The Morgan fingerprint density at radius 1 is 1.10 bits per heavy atom. The zero-order valence-electron chi connectivity index (χ0n) is 17.8. The molecule has 6 nitrogen and oxygen atoms in total. The molecule has 0 radical (unpaired) electrons. The monoisotopic (exact) mass is 409 g/mol. The summed E-state index contributed by atoms with van der Waals surface area (Å²) < 4.78 is 10.8. The third-order valence-corrected chi connectivity index (χ3v) is 5.89. The van der Waals surface area contributed by atoms with Crippen LogP contribution in [-0.2, 0) is 17.8 Å². The van der Waals surface area contributed by atoms with Gasteiger partial charge in [0, 0.05) is 31.7 Å². The van der Waals surface area contributed by atoms with Gasteiger partial charge in [-0.1, -0.05) is 36.4 Å². The van der Waals surface area contributed by atoms with Crippen LogP contribution in [0.2, 0.25) is 0 Å². The first kappa shape index (κ1) is 20.7. The molecule has 1 amide bonds. The minimum atomic E-state index is -0.0879. The zero-order chi connectivity index (χ0) is 20.9. The van der Waals surface area contributed by atoms with E-state index in [0.717, 1.165) is 43.0 Å². The van der Waals surface area contributed by atoms with Crippen molar-refractivity contribution in [2.45, 2.75) is 51.4 Å². The molecular formula is C24H31N3O3. The Morgan fingerprint density at radius 2 is 1.90 bits per heavy atom. The molecule has 2 aliphatic heterocycles. The SMILES string of the molecule is CC(C)N1C[C@H](NCc2ccccc2)C[C@H]1C(=O)NCCc1ccc2c(c1)OCO2. The average Bonchev–Trinajstić information content (AvgIpc) is 3.40. The van der Waals surface area contributed by atoms with Gasteiger partial charge in [0.1, 0.15) is 0 Å². The summed E-state index contributed by atoms with van der Waals surface area (Å²) in [6.07, 6.45) is 1.60. The molecule has 2 aromatic carbocycles. The molecule has 0 spiro atoms. The summed E-state index contributed by atoms with van der Waals surface area (Å²) in [6.45, 7) is 6.93. The van der Waals surface area contributed by atoms with Crippen LogP contribution in [0.3, 0.4) is 0 Å². The van der Waals surface area contributed by atoms with Crippen molar-refractivity contribution in [3.63, 3.8) is 0 Å². The molecule has 160 valence electrons. The summed E-state index contributed by atoms with van der Waals surface area (Å²) in [5.41, 5.74) is 2.40.